The van der Waals surface area contributed by atoms with Gasteiger partial charge in [0.15, 0.2) is 0 Å². The van der Waals surface area contributed by atoms with Crippen LogP contribution in [0.25, 0.3) is 0 Å². The molecule has 0 aliphatic carbocycles. The Morgan fingerprint density at radius 1 is 1.27 bits per heavy atom. The zero-order chi connectivity index (χ0) is 11.3. The van der Waals surface area contributed by atoms with Crippen LogP contribution in [-0.4, -0.2) is 19.3 Å². The van der Waals surface area contributed by atoms with Crippen LogP contribution in [0, 0.1) is 6.92 Å². The van der Waals surface area contributed by atoms with Gasteiger partial charge in [-0.3, -0.25) is 0 Å². The minimum atomic E-state index is -0.232. The lowest BCUT2D eigenvalue weighted by atomic mass is 9.90. The molecule has 1 atom stereocenters. The summed E-state index contributed by atoms with van der Waals surface area (Å²) in [5.41, 5.74) is 8.58. The van der Waals surface area contributed by atoms with Crippen molar-refractivity contribution in [2.75, 3.05) is 13.7 Å². The van der Waals surface area contributed by atoms with Crippen molar-refractivity contribution in [3.63, 3.8) is 0 Å². The molecule has 1 aromatic rings. The summed E-state index contributed by atoms with van der Waals surface area (Å²) in [5, 5.41) is 0. The first-order valence-corrected chi connectivity index (χ1v) is 5.43. The van der Waals surface area contributed by atoms with Gasteiger partial charge in [0.1, 0.15) is 0 Å². The van der Waals surface area contributed by atoms with E-state index < -0.39 is 0 Å². The van der Waals surface area contributed by atoms with Crippen molar-refractivity contribution in [2.24, 2.45) is 5.73 Å². The zero-order valence-corrected chi connectivity index (χ0v) is 9.92. The van der Waals surface area contributed by atoms with Crippen molar-refractivity contribution in [3.8, 4) is 0 Å². The molecule has 0 aromatic heterocycles. The molecule has 0 heterocycles. The fourth-order valence-corrected chi connectivity index (χ4v) is 1.68. The van der Waals surface area contributed by atoms with Crippen LogP contribution in [0.15, 0.2) is 24.3 Å². The summed E-state index contributed by atoms with van der Waals surface area (Å²) in [5.74, 6) is 0. The number of ether oxygens (including phenoxy) is 1. The summed E-state index contributed by atoms with van der Waals surface area (Å²) >= 11 is 0. The fourth-order valence-electron chi connectivity index (χ4n) is 1.68. The first-order valence-electron chi connectivity index (χ1n) is 5.43. The highest BCUT2D eigenvalue weighted by molar-refractivity contribution is 5.23. The van der Waals surface area contributed by atoms with E-state index in [9.17, 15) is 0 Å². The standard InChI is InChI=1S/C13H21NO/c1-4-13(14,10-15-3)9-12-7-5-11(2)6-8-12/h5-8H,4,9-10,14H2,1-3H3. The van der Waals surface area contributed by atoms with Crippen LogP contribution in [0.1, 0.15) is 24.5 Å². The van der Waals surface area contributed by atoms with E-state index in [0.29, 0.717) is 6.61 Å². The Morgan fingerprint density at radius 2 is 1.87 bits per heavy atom. The van der Waals surface area contributed by atoms with Crippen LogP contribution in [0.2, 0.25) is 0 Å². The Hall–Kier alpha value is -0.860. The number of nitrogens with two attached hydrogens (primary N) is 1. The van der Waals surface area contributed by atoms with Crippen LogP contribution in [-0.2, 0) is 11.2 Å². The van der Waals surface area contributed by atoms with Crippen molar-refractivity contribution in [2.45, 2.75) is 32.2 Å². The molecule has 0 saturated heterocycles. The van der Waals surface area contributed by atoms with Crippen LogP contribution in [0.3, 0.4) is 0 Å². The molecular formula is C13H21NO. The molecule has 0 radical (unpaired) electrons. The molecule has 0 bridgehead atoms. The fraction of sp³-hybridized carbons (Fsp3) is 0.538. The maximum absolute atomic E-state index is 6.25. The lowest BCUT2D eigenvalue weighted by Gasteiger charge is -2.27. The molecule has 1 aromatic carbocycles. The monoisotopic (exact) mass is 207 g/mol. The van der Waals surface area contributed by atoms with Gasteiger partial charge in [-0.15, -0.1) is 0 Å². The van der Waals surface area contributed by atoms with E-state index in [0.717, 1.165) is 12.8 Å². The van der Waals surface area contributed by atoms with E-state index in [1.54, 1.807) is 7.11 Å². The highest BCUT2D eigenvalue weighted by Gasteiger charge is 2.22. The number of benzene rings is 1. The Kier molecular flexibility index (Phi) is 4.30. The minimum absolute atomic E-state index is 0.232. The number of hydrogen-bond donors (Lipinski definition) is 1. The lowest BCUT2D eigenvalue weighted by molar-refractivity contribution is 0.129. The van der Waals surface area contributed by atoms with E-state index in [1.165, 1.54) is 11.1 Å². The van der Waals surface area contributed by atoms with Crippen LogP contribution in [0.5, 0.6) is 0 Å². The topological polar surface area (TPSA) is 35.2 Å². The summed E-state index contributed by atoms with van der Waals surface area (Å²) in [4.78, 5) is 0. The molecule has 15 heavy (non-hydrogen) atoms. The van der Waals surface area contributed by atoms with Gasteiger partial charge in [-0.05, 0) is 25.3 Å². The third-order valence-corrected chi connectivity index (χ3v) is 2.81. The van der Waals surface area contributed by atoms with Gasteiger partial charge in [0, 0.05) is 12.6 Å². The number of methoxy groups -OCH3 is 1. The van der Waals surface area contributed by atoms with E-state index in [-0.39, 0.29) is 5.54 Å². The Bertz CT molecular complexity index is 294. The second-order valence-electron chi connectivity index (χ2n) is 4.31. The molecule has 84 valence electrons. The molecule has 0 aliphatic heterocycles. The van der Waals surface area contributed by atoms with E-state index in [4.69, 9.17) is 10.5 Å². The van der Waals surface area contributed by atoms with Crippen molar-refractivity contribution < 1.29 is 4.74 Å². The predicted octanol–water partition coefficient (Wildman–Crippen LogP) is 2.29. The predicted molar refractivity (Wildman–Crippen MR) is 64.0 cm³/mol. The summed E-state index contributed by atoms with van der Waals surface area (Å²) in [6.45, 7) is 4.80. The summed E-state index contributed by atoms with van der Waals surface area (Å²) in [6.07, 6.45) is 1.80. The molecule has 0 saturated carbocycles. The van der Waals surface area contributed by atoms with E-state index >= 15 is 0 Å². The first kappa shape index (κ1) is 12.2. The van der Waals surface area contributed by atoms with Gasteiger partial charge in [0.25, 0.3) is 0 Å². The van der Waals surface area contributed by atoms with Gasteiger partial charge in [-0.2, -0.15) is 0 Å². The maximum atomic E-state index is 6.25. The van der Waals surface area contributed by atoms with Gasteiger partial charge in [0.2, 0.25) is 0 Å². The third kappa shape index (κ3) is 3.65. The van der Waals surface area contributed by atoms with E-state index in [2.05, 4.69) is 38.1 Å². The Balaban J connectivity index is 2.70. The minimum Gasteiger partial charge on any atom is -0.383 e. The molecule has 0 amide bonds. The van der Waals surface area contributed by atoms with Crippen LogP contribution < -0.4 is 5.73 Å². The first-order chi connectivity index (χ1) is 7.09. The number of rotatable bonds is 5. The van der Waals surface area contributed by atoms with Crippen LogP contribution in [0.4, 0.5) is 0 Å². The third-order valence-electron chi connectivity index (χ3n) is 2.81. The molecule has 2 nitrogen and oxygen atoms in total. The molecule has 1 unspecified atom stereocenters. The maximum Gasteiger partial charge on any atom is 0.0645 e. The molecule has 2 heteroatoms. The molecular weight excluding hydrogens is 186 g/mol. The average Bonchev–Trinajstić information content (AvgIpc) is 2.22. The van der Waals surface area contributed by atoms with Gasteiger partial charge in [0.05, 0.1) is 6.61 Å². The van der Waals surface area contributed by atoms with Crippen molar-refractivity contribution in [3.05, 3.63) is 35.4 Å². The van der Waals surface area contributed by atoms with Gasteiger partial charge < -0.3 is 10.5 Å². The zero-order valence-electron chi connectivity index (χ0n) is 9.92. The molecule has 0 aliphatic rings. The molecule has 2 N–H and O–H groups in total. The van der Waals surface area contributed by atoms with E-state index in [1.807, 2.05) is 0 Å². The number of hydrogen-bond acceptors (Lipinski definition) is 2. The summed E-state index contributed by atoms with van der Waals surface area (Å²) < 4.78 is 5.17. The van der Waals surface area contributed by atoms with Crippen LogP contribution >= 0.6 is 0 Å². The second kappa shape index (κ2) is 5.29. The van der Waals surface area contributed by atoms with Gasteiger partial charge in [-0.1, -0.05) is 36.8 Å². The molecule has 0 fully saturated rings. The average molecular weight is 207 g/mol. The largest absolute Gasteiger partial charge is 0.383 e. The Morgan fingerprint density at radius 3 is 2.33 bits per heavy atom. The normalized spacial score (nSPS) is 14.9. The quantitative estimate of drug-likeness (QED) is 0.804. The number of aryl methyl sites for hydroxylation is 1. The molecule has 0 spiro atoms. The van der Waals surface area contributed by atoms with Crippen molar-refractivity contribution in [1.29, 1.82) is 0 Å². The van der Waals surface area contributed by atoms with Crippen molar-refractivity contribution >= 4 is 0 Å². The SMILES string of the molecule is CCC(N)(COC)Cc1ccc(C)cc1. The van der Waals surface area contributed by atoms with Crippen molar-refractivity contribution in [1.82, 2.24) is 0 Å². The molecule has 1 rings (SSSR count). The van der Waals surface area contributed by atoms with Gasteiger partial charge >= 0.3 is 0 Å². The lowest BCUT2D eigenvalue weighted by Crippen LogP contribution is -2.45. The second-order valence-corrected chi connectivity index (χ2v) is 4.31. The summed E-state index contributed by atoms with van der Waals surface area (Å²) in [7, 11) is 1.70. The highest BCUT2D eigenvalue weighted by atomic mass is 16.5. The Labute approximate surface area is 92.4 Å². The highest BCUT2D eigenvalue weighted by Crippen LogP contribution is 2.15. The smallest absolute Gasteiger partial charge is 0.0645 e. The van der Waals surface area contributed by atoms with Gasteiger partial charge in [-0.25, -0.2) is 0 Å². The summed E-state index contributed by atoms with van der Waals surface area (Å²) in [6, 6.07) is 8.53.